The van der Waals surface area contributed by atoms with Crippen molar-refractivity contribution in [2.24, 2.45) is 0 Å². The number of carbonyl (C=O) groups excluding carboxylic acids is 2. The number of nitrogens with one attached hydrogen (secondary N) is 1. The van der Waals surface area contributed by atoms with Gasteiger partial charge in [-0.05, 0) is 54.9 Å². The average Bonchev–Trinajstić information content (AvgIpc) is 2.82. The first-order chi connectivity index (χ1) is 11.5. The number of amides is 2. The van der Waals surface area contributed by atoms with Crippen LogP contribution >= 0.6 is 11.8 Å². The summed E-state index contributed by atoms with van der Waals surface area (Å²) in [5, 5.41) is 2.87. The van der Waals surface area contributed by atoms with Gasteiger partial charge in [-0.15, -0.1) is 0 Å². The number of thioether (sulfide) groups is 1. The van der Waals surface area contributed by atoms with Crippen LogP contribution < -0.4 is 5.32 Å². The second-order valence-corrected chi connectivity index (χ2v) is 6.72. The molecule has 2 amide bonds. The molecule has 1 aliphatic rings. The van der Waals surface area contributed by atoms with Crippen molar-refractivity contribution in [1.29, 1.82) is 0 Å². The van der Waals surface area contributed by atoms with Gasteiger partial charge in [0.2, 0.25) is 0 Å². The summed E-state index contributed by atoms with van der Waals surface area (Å²) >= 11 is 0.978. The first-order valence-electron chi connectivity index (χ1n) is 7.65. The van der Waals surface area contributed by atoms with Crippen molar-refractivity contribution in [2.75, 3.05) is 12.0 Å². The smallest absolute Gasteiger partial charge is 0.295 e. The van der Waals surface area contributed by atoms with Crippen LogP contribution in [0.5, 0.6) is 0 Å². The van der Waals surface area contributed by atoms with Crippen LogP contribution in [0.25, 0.3) is 6.08 Å². The number of rotatable bonds is 4. The van der Waals surface area contributed by atoms with E-state index >= 15 is 0 Å². The summed E-state index contributed by atoms with van der Waals surface area (Å²) in [5.74, 6) is -0.259. The molecular formula is C19H18N2O2S. The van der Waals surface area contributed by atoms with Crippen molar-refractivity contribution < 1.29 is 9.59 Å². The Bertz CT molecular complexity index is 812. The number of hydrogen-bond donors (Lipinski definition) is 1. The minimum absolute atomic E-state index is 0.166. The number of nitrogens with zero attached hydrogens (tertiary/aromatic N) is 1. The highest BCUT2D eigenvalue weighted by atomic mass is 32.2. The van der Waals surface area contributed by atoms with Gasteiger partial charge in [0.1, 0.15) is 0 Å². The number of aryl methyl sites for hydroxylation is 2. The molecule has 0 atom stereocenters. The third kappa shape index (κ3) is 3.68. The fraction of sp³-hybridized carbons (Fsp3) is 0.158. The van der Waals surface area contributed by atoms with Crippen molar-refractivity contribution in [3.63, 3.8) is 0 Å². The molecule has 1 aliphatic heterocycles. The maximum Gasteiger partial charge on any atom is 0.295 e. The van der Waals surface area contributed by atoms with Crippen LogP contribution in [0.2, 0.25) is 0 Å². The Hall–Kier alpha value is -2.53. The minimum Gasteiger partial charge on any atom is -0.367 e. The van der Waals surface area contributed by atoms with Gasteiger partial charge in [0, 0.05) is 5.69 Å². The molecule has 2 aromatic carbocycles. The minimum atomic E-state index is -0.259. The topological polar surface area (TPSA) is 49.4 Å². The van der Waals surface area contributed by atoms with Crippen LogP contribution in [0.15, 0.2) is 53.4 Å². The standard InChI is InChI=1S/C19H18N2O2S/c1-13-6-8-15(9-7-13)11-17-18(22)21(19(23)24-17)12-20-16-5-3-4-14(2)10-16/h3-11,20H,12H2,1-2H3/b17-11+. The molecule has 0 aliphatic carbocycles. The van der Waals surface area contributed by atoms with E-state index in [1.165, 1.54) is 4.90 Å². The molecule has 0 aromatic heterocycles. The van der Waals surface area contributed by atoms with Crippen molar-refractivity contribution in [3.8, 4) is 0 Å². The number of benzene rings is 2. The van der Waals surface area contributed by atoms with Crippen LogP contribution in [-0.2, 0) is 4.79 Å². The summed E-state index contributed by atoms with van der Waals surface area (Å²) < 4.78 is 0. The average molecular weight is 338 g/mol. The van der Waals surface area contributed by atoms with E-state index in [2.05, 4.69) is 5.32 Å². The zero-order valence-corrected chi connectivity index (χ0v) is 14.4. The van der Waals surface area contributed by atoms with Crippen LogP contribution in [0.3, 0.4) is 0 Å². The molecular weight excluding hydrogens is 320 g/mol. The van der Waals surface area contributed by atoms with Crippen LogP contribution in [-0.4, -0.2) is 22.7 Å². The zero-order chi connectivity index (χ0) is 17.1. The largest absolute Gasteiger partial charge is 0.367 e. The summed E-state index contributed by atoms with van der Waals surface area (Å²) in [5.41, 5.74) is 4.07. The Balaban J connectivity index is 1.71. The van der Waals surface area contributed by atoms with E-state index in [9.17, 15) is 9.59 Å². The van der Waals surface area contributed by atoms with Gasteiger partial charge in [-0.2, -0.15) is 0 Å². The fourth-order valence-electron chi connectivity index (χ4n) is 2.38. The lowest BCUT2D eigenvalue weighted by Crippen LogP contribution is -2.33. The summed E-state index contributed by atoms with van der Waals surface area (Å²) in [4.78, 5) is 26.2. The van der Waals surface area contributed by atoms with E-state index < -0.39 is 0 Å². The van der Waals surface area contributed by atoms with Gasteiger partial charge in [-0.25, -0.2) is 0 Å². The number of hydrogen-bond acceptors (Lipinski definition) is 4. The Morgan fingerprint density at radius 2 is 1.79 bits per heavy atom. The number of carbonyl (C=O) groups is 2. The summed E-state index contributed by atoms with van der Waals surface area (Å²) in [6, 6.07) is 15.7. The van der Waals surface area contributed by atoms with Gasteiger partial charge in [-0.1, -0.05) is 42.0 Å². The maximum atomic E-state index is 12.5. The Labute approximate surface area is 145 Å². The normalized spacial score (nSPS) is 16.1. The molecule has 3 rings (SSSR count). The Morgan fingerprint density at radius 1 is 1.04 bits per heavy atom. The van der Waals surface area contributed by atoms with E-state index in [1.807, 2.05) is 62.4 Å². The monoisotopic (exact) mass is 338 g/mol. The second-order valence-electron chi connectivity index (χ2n) is 5.72. The predicted molar refractivity (Wildman–Crippen MR) is 98.7 cm³/mol. The third-order valence-electron chi connectivity index (χ3n) is 3.71. The molecule has 24 heavy (non-hydrogen) atoms. The molecule has 1 N–H and O–H groups in total. The lowest BCUT2D eigenvalue weighted by molar-refractivity contribution is -0.122. The lowest BCUT2D eigenvalue weighted by atomic mass is 10.1. The van der Waals surface area contributed by atoms with Gasteiger partial charge in [0.05, 0.1) is 11.6 Å². The first kappa shape index (κ1) is 16.3. The first-order valence-corrected chi connectivity index (χ1v) is 8.47. The SMILES string of the molecule is Cc1ccc(/C=C2/SC(=O)N(CNc3cccc(C)c3)C2=O)cc1. The van der Waals surface area contributed by atoms with Crippen LogP contribution in [0.1, 0.15) is 16.7 Å². The second kappa shape index (κ2) is 6.93. The van der Waals surface area contributed by atoms with Gasteiger partial charge >= 0.3 is 0 Å². The van der Waals surface area contributed by atoms with Gasteiger partial charge in [0.25, 0.3) is 11.1 Å². The van der Waals surface area contributed by atoms with Crippen molar-refractivity contribution >= 4 is 34.7 Å². The molecule has 0 saturated carbocycles. The highest BCUT2D eigenvalue weighted by molar-refractivity contribution is 8.18. The van der Waals surface area contributed by atoms with E-state index in [4.69, 9.17) is 0 Å². The van der Waals surface area contributed by atoms with Gasteiger partial charge in [-0.3, -0.25) is 14.5 Å². The maximum absolute atomic E-state index is 12.5. The van der Waals surface area contributed by atoms with Crippen LogP contribution in [0, 0.1) is 13.8 Å². The Morgan fingerprint density at radius 3 is 2.50 bits per heavy atom. The van der Waals surface area contributed by atoms with Gasteiger partial charge < -0.3 is 5.32 Å². The van der Waals surface area contributed by atoms with Gasteiger partial charge in [0.15, 0.2) is 0 Å². The van der Waals surface area contributed by atoms with E-state index in [-0.39, 0.29) is 17.8 Å². The quantitative estimate of drug-likeness (QED) is 0.839. The number of anilines is 1. The fourth-order valence-corrected chi connectivity index (χ4v) is 3.21. The molecule has 0 radical (unpaired) electrons. The predicted octanol–water partition coefficient (Wildman–Crippen LogP) is 4.41. The molecule has 0 bridgehead atoms. The van der Waals surface area contributed by atoms with E-state index in [1.54, 1.807) is 6.08 Å². The van der Waals surface area contributed by atoms with Crippen molar-refractivity contribution in [1.82, 2.24) is 4.90 Å². The summed E-state index contributed by atoms with van der Waals surface area (Å²) in [7, 11) is 0. The van der Waals surface area contributed by atoms with Crippen molar-refractivity contribution in [3.05, 3.63) is 70.1 Å². The molecule has 122 valence electrons. The molecule has 4 nitrogen and oxygen atoms in total. The third-order valence-corrected chi connectivity index (χ3v) is 4.62. The highest BCUT2D eigenvalue weighted by Gasteiger charge is 2.34. The van der Waals surface area contributed by atoms with Crippen molar-refractivity contribution in [2.45, 2.75) is 13.8 Å². The molecule has 1 saturated heterocycles. The lowest BCUT2D eigenvalue weighted by Gasteiger charge is -2.14. The van der Waals surface area contributed by atoms with E-state index in [0.717, 1.165) is 34.1 Å². The molecule has 0 spiro atoms. The summed E-state index contributed by atoms with van der Waals surface area (Å²) in [6.45, 7) is 4.17. The molecule has 1 fully saturated rings. The molecule has 5 heteroatoms. The zero-order valence-electron chi connectivity index (χ0n) is 13.6. The van der Waals surface area contributed by atoms with E-state index in [0.29, 0.717) is 4.91 Å². The van der Waals surface area contributed by atoms with Crippen LogP contribution in [0.4, 0.5) is 10.5 Å². The molecule has 2 aromatic rings. The Kier molecular flexibility index (Phi) is 4.71. The molecule has 0 unspecified atom stereocenters. The molecule has 1 heterocycles. The highest BCUT2D eigenvalue weighted by Crippen LogP contribution is 2.32. The summed E-state index contributed by atoms with van der Waals surface area (Å²) in [6.07, 6.45) is 1.76. The number of imide groups is 1.